The Balaban J connectivity index is 1.25. The summed E-state index contributed by atoms with van der Waals surface area (Å²) in [5, 5.41) is 32.9. The van der Waals surface area contributed by atoms with Crippen LogP contribution in [-0.2, 0) is 0 Å². The quantitative estimate of drug-likeness (QED) is 0.177. The van der Waals surface area contributed by atoms with Crippen LogP contribution in [0.2, 0.25) is 0 Å². The summed E-state index contributed by atoms with van der Waals surface area (Å²) in [4.78, 5) is 4.96. The lowest BCUT2D eigenvalue weighted by Gasteiger charge is -2.19. The number of para-hydroxylation sites is 2. The summed E-state index contributed by atoms with van der Waals surface area (Å²) in [7, 11) is 0. The second-order valence-electron chi connectivity index (χ2n) is 13.8. The first kappa shape index (κ1) is 32.4. The largest absolute Gasteiger partial charge is 0.307 e. The molecule has 258 valence electrons. The lowest BCUT2D eigenvalue weighted by molar-refractivity contribution is 1.09. The zero-order valence-corrected chi connectivity index (χ0v) is 29.8. The molecule has 0 fully saturated rings. The first-order chi connectivity index (χ1) is 27.6. The summed E-state index contributed by atoms with van der Waals surface area (Å²) in [5.41, 5.74) is 14.0. The van der Waals surface area contributed by atoms with Crippen molar-refractivity contribution in [3.63, 3.8) is 0 Å². The normalized spacial score (nSPS) is 11.2. The summed E-state index contributed by atoms with van der Waals surface area (Å²) in [6, 6.07) is 59.9. The molecule has 0 bridgehead atoms. The molecule has 10 rings (SSSR count). The van der Waals surface area contributed by atoms with Crippen molar-refractivity contribution in [1.29, 1.82) is 15.8 Å². The number of hydrogen-bond acceptors (Lipinski definition) is 4. The maximum absolute atomic E-state index is 9.75. The van der Waals surface area contributed by atoms with Crippen molar-refractivity contribution in [1.82, 2.24) is 14.1 Å². The van der Waals surface area contributed by atoms with Gasteiger partial charge in [0.05, 0.1) is 80.7 Å². The number of rotatable bonds is 5. The number of aromatic nitrogens is 3. The van der Waals surface area contributed by atoms with Gasteiger partial charge in [0.15, 0.2) is 0 Å². The van der Waals surface area contributed by atoms with Gasteiger partial charge in [-0.1, -0.05) is 84.9 Å². The van der Waals surface area contributed by atoms with Crippen LogP contribution in [0.5, 0.6) is 0 Å². The van der Waals surface area contributed by atoms with Crippen molar-refractivity contribution in [2.45, 2.75) is 0 Å². The molecule has 0 amide bonds. The van der Waals surface area contributed by atoms with E-state index in [1.807, 2.05) is 85.2 Å². The van der Waals surface area contributed by atoms with Crippen LogP contribution in [0.1, 0.15) is 16.7 Å². The molecule has 7 aromatic carbocycles. The molecule has 0 radical (unpaired) electrons. The number of nitrogens with zero attached hydrogens (tertiary/aromatic N) is 6. The average molecular weight is 713 g/mol. The number of hydrogen-bond donors (Lipinski definition) is 0. The minimum Gasteiger partial charge on any atom is -0.307 e. The molecule has 6 nitrogen and oxygen atoms in total. The minimum absolute atomic E-state index is 0.588. The molecule has 56 heavy (non-hydrogen) atoms. The Morgan fingerprint density at radius 2 is 0.714 bits per heavy atom. The number of pyridine rings is 1. The van der Waals surface area contributed by atoms with Crippen molar-refractivity contribution >= 4 is 43.6 Å². The highest BCUT2D eigenvalue weighted by molar-refractivity contribution is 6.13. The lowest BCUT2D eigenvalue weighted by atomic mass is 10.0. The van der Waals surface area contributed by atoms with Crippen LogP contribution in [0.25, 0.3) is 88.4 Å². The molecule has 0 atom stereocenters. The first-order valence-electron chi connectivity index (χ1n) is 18.2. The Morgan fingerprint density at radius 3 is 1.12 bits per heavy atom. The molecule has 6 heteroatoms. The fourth-order valence-corrected chi connectivity index (χ4v) is 8.08. The van der Waals surface area contributed by atoms with E-state index >= 15 is 0 Å². The predicted octanol–water partition coefficient (Wildman–Crippen LogP) is 11.9. The highest BCUT2D eigenvalue weighted by atomic mass is 15.0. The Hall–Kier alpha value is -8.24. The fourth-order valence-electron chi connectivity index (χ4n) is 8.08. The van der Waals surface area contributed by atoms with E-state index in [1.54, 1.807) is 0 Å². The molecule has 0 saturated heterocycles. The maximum atomic E-state index is 9.75. The van der Waals surface area contributed by atoms with Crippen LogP contribution in [-0.4, -0.2) is 14.1 Å². The molecular weight excluding hydrogens is 685 g/mol. The van der Waals surface area contributed by atoms with Gasteiger partial charge in [0.2, 0.25) is 0 Å². The Kier molecular flexibility index (Phi) is 7.53. The summed E-state index contributed by atoms with van der Waals surface area (Å²) < 4.78 is 4.60. The Labute approximate surface area is 322 Å². The lowest BCUT2D eigenvalue weighted by Crippen LogP contribution is -2.05. The number of benzene rings is 7. The molecule has 0 aliphatic heterocycles. The fraction of sp³-hybridized carbons (Fsp3) is 0. The average Bonchev–Trinajstić information content (AvgIpc) is 3.78. The van der Waals surface area contributed by atoms with Crippen molar-refractivity contribution < 1.29 is 0 Å². The van der Waals surface area contributed by atoms with Gasteiger partial charge in [-0.25, -0.2) is 0 Å². The van der Waals surface area contributed by atoms with Crippen molar-refractivity contribution in [3.8, 4) is 63.0 Å². The molecule has 0 spiro atoms. The minimum atomic E-state index is 0.588. The molecule has 0 saturated carbocycles. The molecule has 0 aliphatic rings. The number of fused-ring (bicyclic) bond motifs is 6. The van der Waals surface area contributed by atoms with E-state index in [0.29, 0.717) is 16.7 Å². The second-order valence-corrected chi connectivity index (χ2v) is 13.8. The van der Waals surface area contributed by atoms with Crippen molar-refractivity contribution in [2.75, 3.05) is 0 Å². The van der Waals surface area contributed by atoms with E-state index in [-0.39, 0.29) is 0 Å². The van der Waals surface area contributed by atoms with E-state index < -0.39 is 0 Å². The maximum Gasteiger partial charge on any atom is 0.0991 e. The Bertz CT molecular complexity index is 3120. The molecule has 3 aromatic heterocycles. The molecule has 0 unspecified atom stereocenters. The SMILES string of the molecule is N#Cc1ccc(-c2ccc3c(c2)c2ccccc2n3-c2cncc(-n3c4ccccc4c4cc(-c5ccc(C#N)cc5)ccc43)c2-c2ccc(C#N)cc2)cc1. The number of nitriles is 3. The van der Waals surface area contributed by atoms with Crippen molar-refractivity contribution in [2.24, 2.45) is 0 Å². The third kappa shape index (κ3) is 5.12. The molecular formula is C50H28N6. The van der Waals surface area contributed by atoms with Crippen LogP contribution in [0.3, 0.4) is 0 Å². The van der Waals surface area contributed by atoms with Crippen LogP contribution in [0.15, 0.2) is 170 Å². The molecule has 3 heterocycles. The van der Waals surface area contributed by atoms with E-state index in [9.17, 15) is 15.8 Å². The van der Waals surface area contributed by atoms with Crippen LogP contribution < -0.4 is 0 Å². The van der Waals surface area contributed by atoms with Gasteiger partial charge in [0, 0.05) is 27.1 Å². The van der Waals surface area contributed by atoms with E-state index in [4.69, 9.17) is 4.98 Å². The summed E-state index contributed by atoms with van der Waals surface area (Å²) in [6.07, 6.45) is 3.88. The Morgan fingerprint density at radius 1 is 0.357 bits per heavy atom. The summed E-state index contributed by atoms with van der Waals surface area (Å²) >= 11 is 0. The predicted molar refractivity (Wildman–Crippen MR) is 223 cm³/mol. The summed E-state index contributed by atoms with van der Waals surface area (Å²) in [5.74, 6) is 0. The van der Waals surface area contributed by atoms with Crippen LogP contribution >= 0.6 is 0 Å². The zero-order chi connectivity index (χ0) is 37.8. The van der Waals surface area contributed by atoms with Crippen LogP contribution in [0, 0.1) is 34.0 Å². The van der Waals surface area contributed by atoms with E-state index in [2.05, 4.69) is 112 Å². The highest BCUT2D eigenvalue weighted by Crippen LogP contribution is 2.43. The summed E-state index contributed by atoms with van der Waals surface area (Å²) in [6.45, 7) is 0. The van der Waals surface area contributed by atoms with E-state index in [0.717, 1.165) is 88.4 Å². The molecule has 0 N–H and O–H groups in total. The third-order valence-corrected chi connectivity index (χ3v) is 10.7. The third-order valence-electron chi connectivity index (χ3n) is 10.7. The van der Waals surface area contributed by atoms with Gasteiger partial charge in [-0.05, 0) is 101 Å². The van der Waals surface area contributed by atoms with Crippen molar-refractivity contribution in [3.05, 3.63) is 187 Å². The monoisotopic (exact) mass is 712 g/mol. The molecule has 10 aromatic rings. The second kappa shape index (κ2) is 13.0. The van der Waals surface area contributed by atoms with Gasteiger partial charge >= 0.3 is 0 Å². The topological polar surface area (TPSA) is 94.1 Å². The first-order valence-corrected chi connectivity index (χ1v) is 18.2. The standard InChI is InChI=1S/C50H28N6/c51-27-32-9-15-35(16-10-32)38-21-23-46-42(25-38)40-5-1-3-7-44(40)55(46)48-30-54-31-49(50(48)37-19-13-34(29-53)14-20-37)56-45-8-4-2-6-41(45)43-26-39(22-24-47(43)56)36-17-11-33(28-52)12-18-36/h1-26,30-31H. The van der Waals surface area contributed by atoms with Gasteiger partial charge in [-0.2, -0.15) is 15.8 Å². The van der Waals surface area contributed by atoms with Crippen LogP contribution in [0.4, 0.5) is 0 Å². The molecule has 0 aliphatic carbocycles. The van der Waals surface area contributed by atoms with Gasteiger partial charge in [0.25, 0.3) is 0 Å². The van der Waals surface area contributed by atoms with Gasteiger partial charge in [-0.15, -0.1) is 0 Å². The smallest absolute Gasteiger partial charge is 0.0991 e. The van der Waals surface area contributed by atoms with Gasteiger partial charge in [-0.3, -0.25) is 4.98 Å². The van der Waals surface area contributed by atoms with Gasteiger partial charge < -0.3 is 9.13 Å². The van der Waals surface area contributed by atoms with E-state index in [1.165, 1.54) is 0 Å². The highest BCUT2D eigenvalue weighted by Gasteiger charge is 2.23. The van der Waals surface area contributed by atoms with Gasteiger partial charge in [0.1, 0.15) is 0 Å². The zero-order valence-electron chi connectivity index (χ0n) is 29.8.